The van der Waals surface area contributed by atoms with E-state index in [0.29, 0.717) is 10.9 Å². The van der Waals surface area contributed by atoms with Crippen molar-refractivity contribution in [2.75, 3.05) is 6.26 Å². The fraction of sp³-hybridized carbons (Fsp3) is 0.0833. The number of nitrogens with zero attached hydrogens (tertiary/aromatic N) is 2. The molecule has 1 heterocycles. The molecule has 1 aromatic heterocycles. The number of amides is 1. The summed E-state index contributed by atoms with van der Waals surface area (Å²) in [5, 5.41) is 0.542. The Hall–Kier alpha value is -1.88. The van der Waals surface area contributed by atoms with Crippen molar-refractivity contribution >= 4 is 17.7 Å². The van der Waals surface area contributed by atoms with Gasteiger partial charge in [0.1, 0.15) is 5.69 Å². The normalized spacial score (nSPS) is 10.2. The molecule has 2 rings (SSSR count). The Bertz CT molecular complexity index is 543. The first-order valence-corrected chi connectivity index (χ1v) is 6.21. The topological polar surface area (TPSA) is 68.9 Å². The zero-order valence-corrected chi connectivity index (χ0v) is 10.1. The van der Waals surface area contributed by atoms with Gasteiger partial charge in [0.15, 0.2) is 5.16 Å². The summed E-state index contributed by atoms with van der Waals surface area (Å²) in [5.41, 5.74) is 7.13. The van der Waals surface area contributed by atoms with E-state index in [9.17, 15) is 4.79 Å². The van der Waals surface area contributed by atoms with Crippen LogP contribution < -0.4 is 5.73 Å². The second-order valence-electron chi connectivity index (χ2n) is 3.36. The van der Waals surface area contributed by atoms with Gasteiger partial charge in [-0.1, -0.05) is 42.1 Å². The van der Waals surface area contributed by atoms with Crippen LogP contribution >= 0.6 is 11.8 Å². The van der Waals surface area contributed by atoms with Gasteiger partial charge < -0.3 is 5.73 Å². The zero-order valence-electron chi connectivity index (χ0n) is 9.25. The minimum absolute atomic E-state index is 0.239. The Kier molecular flexibility index (Phi) is 3.39. The maximum absolute atomic E-state index is 11.2. The van der Waals surface area contributed by atoms with E-state index in [1.54, 1.807) is 6.07 Å². The van der Waals surface area contributed by atoms with Gasteiger partial charge in [-0.25, -0.2) is 9.97 Å². The highest BCUT2D eigenvalue weighted by Gasteiger charge is 2.09. The van der Waals surface area contributed by atoms with E-state index in [1.165, 1.54) is 11.8 Å². The number of thioether (sulfide) groups is 1. The van der Waals surface area contributed by atoms with Gasteiger partial charge in [0.05, 0.1) is 5.69 Å². The summed E-state index contributed by atoms with van der Waals surface area (Å²) in [7, 11) is 0. The van der Waals surface area contributed by atoms with Crippen molar-refractivity contribution in [3.8, 4) is 11.3 Å². The van der Waals surface area contributed by atoms with E-state index in [-0.39, 0.29) is 5.69 Å². The number of primary amides is 1. The Labute approximate surface area is 103 Å². The third-order valence-electron chi connectivity index (χ3n) is 2.21. The summed E-state index contributed by atoms with van der Waals surface area (Å²) in [6, 6.07) is 11.2. The van der Waals surface area contributed by atoms with Crippen LogP contribution in [0.1, 0.15) is 10.5 Å². The first-order valence-electron chi connectivity index (χ1n) is 4.99. The number of nitrogens with two attached hydrogens (primary N) is 1. The molecule has 0 aliphatic rings. The Morgan fingerprint density at radius 2 is 1.94 bits per heavy atom. The Morgan fingerprint density at radius 3 is 2.53 bits per heavy atom. The molecule has 0 radical (unpaired) electrons. The van der Waals surface area contributed by atoms with Crippen LogP contribution in [-0.4, -0.2) is 22.1 Å². The Balaban J connectivity index is 2.54. The molecule has 1 aromatic carbocycles. The molecule has 0 atom stereocenters. The van der Waals surface area contributed by atoms with Crippen molar-refractivity contribution in [2.24, 2.45) is 5.73 Å². The third kappa shape index (κ3) is 2.62. The first-order chi connectivity index (χ1) is 8.20. The quantitative estimate of drug-likeness (QED) is 0.663. The molecule has 0 bridgehead atoms. The summed E-state index contributed by atoms with van der Waals surface area (Å²) in [4.78, 5) is 19.6. The van der Waals surface area contributed by atoms with E-state index in [2.05, 4.69) is 9.97 Å². The van der Waals surface area contributed by atoms with Gasteiger partial charge >= 0.3 is 0 Å². The summed E-state index contributed by atoms with van der Waals surface area (Å²) in [6.07, 6.45) is 1.86. The number of hydrogen-bond donors (Lipinski definition) is 1. The number of aromatic nitrogens is 2. The fourth-order valence-corrected chi connectivity index (χ4v) is 1.78. The van der Waals surface area contributed by atoms with Crippen LogP contribution in [0.3, 0.4) is 0 Å². The lowest BCUT2D eigenvalue weighted by atomic mass is 10.1. The summed E-state index contributed by atoms with van der Waals surface area (Å²) in [6.45, 7) is 0. The molecule has 0 aliphatic carbocycles. The maximum atomic E-state index is 11.2. The molecular formula is C12H11N3OS. The van der Waals surface area contributed by atoms with Crippen molar-refractivity contribution in [1.82, 2.24) is 9.97 Å². The molecule has 0 unspecified atom stereocenters. The van der Waals surface area contributed by atoms with Gasteiger partial charge in [0.2, 0.25) is 0 Å². The molecule has 2 aromatic rings. The maximum Gasteiger partial charge on any atom is 0.267 e. The average molecular weight is 245 g/mol. The fourth-order valence-electron chi connectivity index (χ4n) is 1.40. The summed E-state index contributed by atoms with van der Waals surface area (Å²) >= 11 is 1.38. The van der Waals surface area contributed by atoms with Gasteiger partial charge in [-0.05, 0) is 12.3 Å². The van der Waals surface area contributed by atoms with Gasteiger partial charge in [-0.15, -0.1) is 0 Å². The van der Waals surface area contributed by atoms with Crippen LogP contribution in [0.4, 0.5) is 0 Å². The molecule has 2 N–H and O–H groups in total. The van der Waals surface area contributed by atoms with Crippen LogP contribution in [0.25, 0.3) is 11.3 Å². The third-order valence-corrected chi connectivity index (χ3v) is 2.76. The molecule has 4 nitrogen and oxygen atoms in total. The molecule has 0 aliphatic heterocycles. The van der Waals surface area contributed by atoms with Gasteiger partial charge in [-0.2, -0.15) is 0 Å². The zero-order chi connectivity index (χ0) is 12.3. The molecule has 0 saturated heterocycles. The van der Waals surface area contributed by atoms with E-state index < -0.39 is 5.91 Å². The van der Waals surface area contributed by atoms with Gasteiger partial charge in [0, 0.05) is 5.56 Å². The van der Waals surface area contributed by atoms with Gasteiger partial charge in [0.25, 0.3) is 5.91 Å². The van der Waals surface area contributed by atoms with Crippen LogP contribution in [0, 0.1) is 0 Å². The number of rotatable bonds is 3. The van der Waals surface area contributed by atoms with Crippen molar-refractivity contribution in [3.05, 3.63) is 42.1 Å². The molecule has 0 fully saturated rings. The van der Waals surface area contributed by atoms with Crippen molar-refractivity contribution < 1.29 is 4.79 Å². The minimum atomic E-state index is -0.542. The number of carbonyl (C=O) groups is 1. The van der Waals surface area contributed by atoms with Crippen LogP contribution in [-0.2, 0) is 0 Å². The number of carbonyl (C=O) groups excluding carboxylic acids is 1. The predicted octanol–water partition coefficient (Wildman–Crippen LogP) is 1.96. The molecular weight excluding hydrogens is 234 g/mol. The number of hydrogen-bond acceptors (Lipinski definition) is 4. The molecule has 86 valence electrons. The monoisotopic (exact) mass is 245 g/mol. The largest absolute Gasteiger partial charge is 0.364 e. The lowest BCUT2D eigenvalue weighted by Gasteiger charge is -2.04. The highest BCUT2D eigenvalue weighted by Crippen LogP contribution is 2.20. The van der Waals surface area contributed by atoms with E-state index in [0.717, 1.165) is 5.56 Å². The standard InChI is InChI=1S/C12H11N3OS/c1-17-12-14-9(7-10(15-12)11(13)16)8-5-3-2-4-6-8/h2-7H,1H3,(H2,13,16). The average Bonchev–Trinajstić information content (AvgIpc) is 2.39. The molecule has 1 amide bonds. The molecule has 0 saturated carbocycles. The summed E-state index contributed by atoms with van der Waals surface area (Å²) < 4.78 is 0. The first kappa shape index (κ1) is 11.6. The number of benzene rings is 1. The van der Waals surface area contributed by atoms with E-state index in [1.807, 2.05) is 36.6 Å². The predicted molar refractivity (Wildman–Crippen MR) is 67.8 cm³/mol. The second-order valence-corrected chi connectivity index (χ2v) is 4.13. The van der Waals surface area contributed by atoms with Crippen molar-refractivity contribution in [1.29, 1.82) is 0 Å². The Morgan fingerprint density at radius 1 is 1.24 bits per heavy atom. The molecule has 17 heavy (non-hydrogen) atoms. The van der Waals surface area contributed by atoms with Crippen molar-refractivity contribution in [2.45, 2.75) is 5.16 Å². The van der Waals surface area contributed by atoms with Crippen molar-refractivity contribution in [3.63, 3.8) is 0 Å². The lowest BCUT2D eigenvalue weighted by molar-refractivity contribution is 0.0994. The SMILES string of the molecule is CSc1nc(C(N)=O)cc(-c2ccccc2)n1. The molecule has 5 heteroatoms. The van der Waals surface area contributed by atoms with Crippen LogP contribution in [0.15, 0.2) is 41.6 Å². The van der Waals surface area contributed by atoms with E-state index >= 15 is 0 Å². The summed E-state index contributed by atoms with van der Waals surface area (Å²) in [5.74, 6) is -0.542. The minimum Gasteiger partial charge on any atom is -0.364 e. The highest BCUT2D eigenvalue weighted by molar-refractivity contribution is 7.98. The van der Waals surface area contributed by atoms with Crippen LogP contribution in [0.5, 0.6) is 0 Å². The van der Waals surface area contributed by atoms with Crippen LogP contribution in [0.2, 0.25) is 0 Å². The second kappa shape index (κ2) is 4.97. The lowest BCUT2D eigenvalue weighted by Crippen LogP contribution is -2.14. The smallest absolute Gasteiger partial charge is 0.267 e. The molecule has 0 spiro atoms. The van der Waals surface area contributed by atoms with E-state index in [4.69, 9.17) is 5.73 Å². The van der Waals surface area contributed by atoms with Gasteiger partial charge in [-0.3, -0.25) is 4.79 Å². The highest BCUT2D eigenvalue weighted by atomic mass is 32.2.